The van der Waals surface area contributed by atoms with E-state index in [-0.39, 0.29) is 11.7 Å². The van der Waals surface area contributed by atoms with E-state index in [0.717, 1.165) is 11.5 Å². The summed E-state index contributed by atoms with van der Waals surface area (Å²) in [5.41, 5.74) is 1.45. The van der Waals surface area contributed by atoms with Gasteiger partial charge in [0, 0.05) is 17.9 Å². The number of thioether (sulfide) groups is 1. The van der Waals surface area contributed by atoms with Crippen LogP contribution < -0.4 is 5.32 Å². The van der Waals surface area contributed by atoms with Crippen LogP contribution >= 0.6 is 11.8 Å². The van der Waals surface area contributed by atoms with Crippen LogP contribution in [-0.4, -0.2) is 16.6 Å². The van der Waals surface area contributed by atoms with Crippen LogP contribution in [-0.2, 0) is 4.79 Å². The Morgan fingerprint density at radius 1 is 1.35 bits per heavy atom. The molecule has 1 N–H and O–H groups in total. The smallest absolute Gasteiger partial charge is 0.256 e. The number of carbonyl (C=O) groups excluding carboxylic acids is 1. The zero-order valence-electron chi connectivity index (χ0n) is 11.3. The maximum Gasteiger partial charge on any atom is 0.256 e. The molecule has 0 aliphatic heterocycles. The summed E-state index contributed by atoms with van der Waals surface area (Å²) in [4.78, 5) is 15.9. The summed E-state index contributed by atoms with van der Waals surface area (Å²) in [6.07, 6.45) is 0.336. The molecule has 0 bridgehead atoms. The highest BCUT2D eigenvalue weighted by atomic mass is 32.2. The fourth-order valence-electron chi connectivity index (χ4n) is 1.49. The number of oxazole rings is 1. The molecule has 0 aliphatic rings. The number of anilines is 1. The second-order valence-electron chi connectivity index (χ2n) is 4.27. The maximum atomic E-state index is 12.7. The van der Waals surface area contributed by atoms with E-state index >= 15 is 0 Å². The Morgan fingerprint density at radius 3 is 2.65 bits per heavy atom. The molecule has 4 nitrogen and oxygen atoms in total. The lowest BCUT2D eigenvalue weighted by molar-refractivity contribution is -0.115. The van der Waals surface area contributed by atoms with E-state index in [4.69, 9.17) is 4.42 Å². The lowest BCUT2D eigenvalue weighted by Crippen LogP contribution is -2.12. The zero-order valence-corrected chi connectivity index (χ0v) is 12.1. The fourth-order valence-corrected chi connectivity index (χ4v) is 2.34. The number of hydrogen-bond acceptors (Lipinski definition) is 4. The van der Waals surface area contributed by atoms with Gasteiger partial charge in [-0.2, -0.15) is 0 Å². The van der Waals surface area contributed by atoms with Gasteiger partial charge < -0.3 is 9.73 Å². The third kappa shape index (κ3) is 4.09. The van der Waals surface area contributed by atoms with Crippen LogP contribution in [0.15, 0.2) is 33.9 Å². The second kappa shape index (κ2) is 6.56. The van der Waals surface area contributed by atoms with E-state index in [2.05, 4.69) is 10.3 Å². The first-order valence-corrected chi connectivity index (χ1v) is 7.15. The molecule has 1 heterocycles. The third-order valence-corrected chi connectivity index (χ3v) is 3.52. The van der Waals surface area contributed by atoms with Gasteiger partial charge in [0.05, 0.1) is 5.69 Å². The van der Waals surface area contributed by atoms with E-state index in [1.807, 2.05) is 13.8 Å². The molecule has 0 aliphatic carbocycles. The number of carbonyl (C=O) groups is 1. The van der Waals surface area contributed by atoms with Crippen molar-refractivity contribution in [3.8, 4) is 0 Å². The first-order valence-electron chi connectivity index (χ1n) is 6.17. The Labute approximate surface area is 120 Å². The molecule has 0 saturated carbocycles. The van der Waals surface area contributed by atoms with Crippen molar-refractivity contribution < 1.29 is 13.6 Å². The normalized spacial score (nSPS) is 10.6. The predicted molar refractivity (Wildman–Crippen MR) is 76.3 cm³/mol. The van der Waals surface area contributed by atoms with Crippen LogP contribution in [0.25, 0.3) is 0 Å². The van der Waals surface area contributed by atoms with Crippen LogP contribution in [0.2, 0.25) is 0 Å². The summed E-state index contributed by atoms with van der Waals surface area (Å²) in [6.45, 7) is 3.73. The highest BCUT2D eigenvalue weighted by Crippen LogP contribution is 2.20. The van der Waals surface area contributed by atoms with Gasteiger partial charge in [0.2, 0.25) is 5.91 Å². The molecule has 0 fully saturated rings. The Balaban J connectivity index is 1.76. The van der Waals surface area contributed by atoms with E-state index in [0.29, 0.717) is 23.1 Å². The number of amides is 1. The van der Waals surface area contributed by atoms with Crippen molar-refractivity contribution in [1.82, 2.24) is 4.98 Å². The molecule has 2 aromatic rings. The zero-order chi connectivity index (χ0) is 14.5. The Hall–Kier alpha value is -1.82. The standard InChI is InChI=1S/C14H15FN2O2S/c1-9-10(2)19-14(16-9)20-8-7-13(18)17-12-5-3-11(15)4-6-12/h3-6H,7-8H2,1-2H3,(H,17,18). The van der Waals surface area contributed by atoms with Crippen LogP contribution in [0.3, 0.4) is 0 Å². The summed E-state index contributed by atoms with van der Waals surface area (Å²) in [5, 5.41) is 3.28. The SMILES string of the molecule is Cc1nc(SCCC(=O)Nc2ccc(F)cc2)oc1C. The van der Waals surface area contributed by atoms with Crippen LogP contribution in [0.4, 0.5) is 10.1 Å². The molecule has 0 unspecified atom stereocenters. The minimum absolute atomic E-state index is 0.121. The molecule has 2 rings (SSSR count). The van der Waals surface area contributed by atoms with Gasteiger partial charge in [-0.05, 0) is 38.1 Å². The minimum atomic E-state index is -0.326. The molecule has 1 amide bonds. The largest absolute Gasteiger partial charge is 0.437 e. The quantitative estimate of drug-likeness (QED) is 0.857. The van der Waals surface area contributed by atoms with Crippen molar-refractivity contribution in [2.75, 3.05) is 11.1 Å². The number of rotatable bonds is 5. The number of halogens is 1. The minimum Gasteiger partial charge on any atom is -0.437 e. The lowest BCUT2D eigenvalue weighted by Gasteiger charge is -2.04. The van der Waals surface area contributed by atoms with Gasteiger partial charge in [-0.25, -0.2) is 9.37 Å². The third-order valence-electron chi connectivity index (χ3n) is 2.69. The van der Waals surface area contributed by atoms with Gasteiger partial charge in [0.15, 0.2) is 0 Å². The van der Waals surface area contributed by atoms with Crippen LogP contribution in [0, 0.1) is 19.7 Å². The molecule has 20 heavy (non-hydrogen) atoms. The lowest BCUT2D eigenvalue weighted by atomic mass is 10.3. The summed E-state index contributed by atoms with van der Waals surface area (Å²) in [7, 11) is 0. The number of aryl methyl sites for hydroxylation is 2. The molecular formula is C14H15FN2O2S. The summed E-state index contributed by atoms with van der Waals surface area (Å²) < 4.78 is 18.1. The van der Waals surface area contributed by atoms with Crippen molar-refractivity contribution in [1.29, 1.82) is 0 Å². The van der Waals surface area contributed by atoms with E-state index < -0.39 is 0 Å². The molecule has 6 heteroatoms. The number of aromatic nitrogens is 1. The van der Waals surface area contributed by atoms with Crippen molar-refractivity contribution in [3.63, 3.8) is 0 Å². The highest BCUT2D eigenvalue weighted by Gasteiger charge is 2.08. The molecule has 1 aromatic carbocycles. The van der Waals surface area contributed by atoms with Gasteiger partial charge in [-0.15, -0.1) is 0 Å². The van der Waals surface area contributed by atoms with E-state index in [9.17, 15) is 9.18 Å². The van der Waals surface area contributed by atoms with Crippen molar-refractivity contribution >= 4 is 23.4 Å². The van der Waals surface area contributed by atoms with Gasteiger partial charge in [0.1, 0.15) is 11.6 Å². The van der Waals surface area contributed by atoms with Crippen LogP contribution in [0.1, 0.15) is 17.9 Å². The van der Waals surface area contributed by atoms with Crippen molar-refractivity contribution in [2.24, 2.45) is 0 Å². The Morgan fingerprint density at radius 2 is 2.05 bits per heavy atom. The van der Waals surface area contributed by atoms with Crippen LogP contribution in [0.5, 0.6) is 0 Å². The second-order valence-corrected chi connectivity index (χ2v) is 5.32. The summed E-state index contributed by atoms with van der Waals surface area (Å²) in [5.74, 6) is 0.924. The van der Waals surface area contributed by atoms with Gasteiger partial charge in [0.25, 0.3) is 5.22 Å². The highest BCUT2D eigenvalue weighted by molar-refractivity contribution is 7.99. The average Bonchev–Trinajstić information content (AvgIpc) is 2.71. The van der Waals surface area contributed by atoms with E-state index in [1.165, 1.54) is 36.0 Å². The first kappa shape index (κ1) is 14.6. The molecular weight excluding hydrogens is 279 g/mol. The Bertz CT molecular complexity index is 576. The summed E-state index contributed by atoms with van der Waals surface area (Å²) in [6, 6.07) is 5.67. The number of nitrogens with zero attached hydrogens (tertiary/aromatic N) is 1. The average molecular weight is 294 g/mol. The molecule has 0 spiro atoms. The number of hydrogen-bond donors (Lipinski definition) is 1. The van der Waals surface area contributed by atoms with Crippen molar-refractivity contribution in [2.45, 2.75) is 25.5 Å². The molecule has 0 saturated heterocycles. The van der Waals surface area contributed by atoms with E-state index in [1.54, 1.807) is 0 Å². The van der Waals surface area contributed by atoms with Gasteiger partial charge in [-0.3, -0.25) is 4.79 Å². The fraction of sp³-hybridized carbons (Fsp3) is 0.286. The molecule has 106 valence electrons. The maximum absolute atomic E-state index is 12.7. The number of nitrogens with one attached hydrogen (secondary N) is 1. The van der Waals surface area contributed by atoms with Crippen molar-refractivity contribution in [3.05, 3.63) is 41.5 Å². The Kier molecular flexibility index (Phi) is 4.79. The monoisotopic (exact) mass is 294 g/mol. The molecule has 0 radical (unpaired) electrons. The summed E-state index contributed by atoms with van der Waals surface area (Å²) >= 11 is 1.40. The molecule has 0 atom stereocenters. The van der Waals surface area contributed by atoms with Gasteiger partial charge in [-0.1, -0.05) is 11.8 Å². The molecule has 1 aromatic heterocycles. The first-order chi connectivity index (χ1) is 9.54. The predicted octanol–water partition coefficient (Wildman–Crippen LogP) is 3.55. The topological polar surface area (TPSA) is 55.1 Å². The number of benzene rings is 1. The van der Waals surface area contributed by atoms with Gasteiger partial charge >= 0.3 is 0 Å².